The summed E-state index contributed by atoms with van der Waals surface area (Å²) in [6.45, 7) is 0.723. The Labute approximate surface area is 145 Å². The maximum Gasteiger partial charge on any atom is 0.220 e. The Morgan fingerprint density at radius 2 is 2.08 bits per heavy atom. The van der Waals surface area contributed by atoms with E-state index in [4.69, 9.17) is 10.5 Å². The molecular formula is C20H30N2O2. The molecule has 2 fully saturated rings. The SMILES string of the molecule is COc1cccc(C2(CNC(=O)C[C@@H]3CCC[C@H]3N)CCCC2)c1. The van der Waals surface area contributed by atoms with E-state index in [-0.39, 0.29) is 17.4 Å². The zero-order valence-corrected chi connectivity index (χ0v) is 14.7. The number of amides is 1. The summed E-state index contributed by atoms with van der Waals surface area (Å²) in [5.74, 6) is 1.41. The summed E-state index contributed by atoms with van der Waals surface area (Å²) in [5, 5.41) is 3.21. The summed E-state index contributed by atoms with van der Waals surface area (Å²) < 4.78 is 5.38. The molecule has 0 radical (unpaired) electrons. The molecule has 0 saturated heterocycles. The quantitative estimate of drug-likeness (QED) is 0.842. The van der Waals surface area contributed by atoms with Crippen molar-refractivity contribution in [2.45, 2.75) is 62.8 Å². The van der Waals surface area contributed by atoms with Crippen LogP contribution >= 0.6 is 0 Å². The highest BCUT2D eigenvalue weighted by atomic mass is 16.5. The van der Waals surface area contributed by atoms with Crippen LogP contribution in [0.3, 0.4) is 0 Å². The van der Waals surface area contributed by atoms with Crippen molar-refractivity contribution < 1.29 is 9.53 Å². The fourth-order valence-corrected chi connectivity index (χ4v) is 4.47. The molecule has 2 aliphatic carbocycles. The van der Waals surface area contributed by atoms with E-state index in [1.165, 1.54) is 18.4 Å². The molecule has 0 aliphatic heterocycles. The largest absolute Gasteiger partial charge is 0.497 e. The molecular weight excluding hydrogens is 300 g/mol. The molecule has 0 heterocycles. The van der Waals surface area contributed by atoms with Crippen molar-refractivity contribution in [1.29, 1.82) is 0 Å². The fourth-order valence-electron chi connectivity index (χ4n) is 4.47. The zero-order valence-electron chi connectivity index (χ0n) is 14.7. The molecule has 1 aromatic rings. The summed E-state index contributed by atoms with van der Waals surface area (Å²) in [4.78, 5) is 12.4. The number of rotatable bonds is 6. The first-order valence-corrected chi connectivity index (χ1v) is 9.30. The lowest BCUT2D eigenvalue weighted by atomic mass is 9.78. The standard InChI is InChI=1S/C20H30N2O2/c1-24-17-8-5-7-16(13-17)20(10-2-3-11-20)14-22-19(23)12-15-6-4-9-18(15)21/h5,7-8,13,15,18H,2-4,6,9-12,14,21H2,1H3,(H,22,23)/t15-,18+/m0/s1. The molecule has 2 aliphatic rings. The minimum atomic E-state index is 0.0575. The normalized spacial score (nSPS) is 25.6. The lowest BCUT2D eigenvalue weighted by molar-refractivity contribution is -0.122. The highest BCUT2D eigenvalue weighted by Gasteiger charge is 2.36. The van der Waals surface area contributed by atoms with Crippen molar-refractivity contribution in [1.82, 2.24) is 5.32 Å². The van der Waals surface area contributed by atoms with E-state index in [0.29, 0.717) is 12.3 Å². The van der Waals surface area contributed by atoms with Gasteiger partial charge in [-0.3, -0.25) is 4.79 Å². The Kier molecular flexibility index (Phi) is 5.44. The van der Waals surface area contributed by atoms with E-state index in [9.17, 15) is 4.79 Å². The van der Waals surface area contributed by atoms with Crippen molar-refractivity contribution in [2.24, 2.45) is 11.7 Å². The first-order valence-electron chi connectivity index (χ1n) is 9.30. The Morgan fingerprint density at radius 1 is 1.29 bits per heavy atom. The maximum absolute atomic E-state index is 12.4. The second-order valence-corrected chi connectivity index (χ2v) is 7.56. The van der Waals surface area contributed by atoms with Crippen molar-refractivity contribution >= 4 is 5.91 Å². The van der Waals surface area contributed by atoms with Gasteiger partial charge in [-0.25, -0.2) is 0 Å². The van der Waals surface area contributed by atoms with Crippen LogP contribution in [-0.2, 0) is 10.2 Å². The molecule has 4 heteroatoms. The molecule has 132 valence electrons. The van der Waals surface area contributed by atoms with Gasteiger partial charge in [-0.15, -0.1) is 0 Å². The lowest BCUT2D eigenvalue weighted by Gasteiger charge is -2.30. The van der Waals surface area contributed by atoms with Crippen molar-refractivity contribution in [2.75, 3.05) is 13.7 Å². The molecule has 0 aromatic heterocycles. The molecule has 0 bridgehead atoms. The van der Waals surface area contributed by atoms with Gasteiger partial charge >= 0.3 is 0 Å². The van der Waals surface area contributed by atoms with Crippen molar-refractivity contribution in [3.05, 3.63) is 29.8 Å². The Balaban J connectivity index is 1.64. The van der Waals surface area contributed by atoms with Gasteiger partial charge in [-0.05, 0) is 49.3 Å². The van der Waals surface area contributed by atoms with E-state index in [1.807, 2.05) is 12.1 Å². The average molecular weight is 330 g/mol. The number of benzene rings is 1. The topological polar surface area (TPSA) is 64.3 Å². The molecule has 1 aromatic carbocycles. The molecule has 0 unspecified atom stereocenters. The predicted molar refractivity (Wildman–Crippen MR) is 96.1 cm³/mol. The van der Waals surface area contributed by atoms with Gasteiger partial charge in [0, 0.05) is 24.4 Å². The summed E-state index contributed by atoms with van der Waals surface area (Å²) in [5.41, 5.74) is 7.45. The second-order valence-electron chi connectivity index (χ2n) is 7.56. The Morgan fingerprint density at radius 3 is 2.75 bits per heavy atom. The molecule has 2 atom stereocenters. The van der Waals surface area contributed by atoms with Crippen LogP contribution in [-0.4, -0.2) is 25.6 Å². The predicted octanol–water partition coefficient (Wildman–Crippen LogP) is 3.14. The van der Waals surface area contributed by atoms with Gasteiger partial charge in [0.1, 0.15) is 5.75 Å². The molecule has 0 spiro atoms. The van der Waals surface area contributed by atoms with Gasteiger partial charge in [0.2, 0.25) is 5.91 Å². The number of hydrogen-bond donors (Lipinski definition) is 2. The summed E-state index contributed by atoms with van der Waals surface area (Å²) in [6, 6.07) is 8.53. The third kappa shape index (κ3) is 3.75. The third-order valence-electron chi connectivity index (χ3n) is 6.03. The van der Waals surface area contributed by atoms with Gasteiger partial charge in [-0.2, -0.15) is 0 Å². The number of nitrogens with one attached hydrogen (secondary N) is 1. The number of carbonyl (C=O) groups excluding carboxylic acids is 1. The van der Waals surface area contributed by atoms with E-state index in [0.717, 1.165) is 44.4 Å². The van der Waals surface area contributed by atoms with Crippen LogP contribution in [0, 0.1) is 5.92 Å². The second kappa shape index (κ2) is 7.56. The molecule has 4 nitrogen and oxygen atoms in total. The summed E-state index contributed by atoms with van der Waals surface area (Å²) >= 11 is 0. The molecule has 3 rings (SSSR count). The van der Waals surface area contributed by atoms with Crippen LogP contribution in [0.25, 0.3) is 0 Å². The molecule has 24 heavy (non-hydrogen) atoms. The van der Waals surface area contributed by atoms with Gasteiger partial charge in [0.15, 0.2) is 0 Å². The Hall–Kier alpha value is -1.55. The number of carbonyl (C=O) groups is 1. The highest BCUT2D eigenvalue weighted by Crippen LogP contribution is 2.41. The van der Waals surface area contributed by atoms with Gasteiger partial charge in [-0.1, -0.05) is 31.4 Å². The number of hydrogen-bond acceptors (Lipinski definition) is 3. The van der Waals surface area contributed by atoms with Crippen LogP contribution < -0.4 is 15.8 Å². The fraction of sp³-hybridized carbons (Fsp3) is 0.650. The van der Waals surface area contributed by atoms with Crippen LogP contribution in [0.2, 0.25) is 0 Å². The number of nitrogens with two attached hydrogens (primary N) is 1. The van der Waals surface area contributed by atoms with Crippen molar-refractivity contribution in [3.8, 4) is 5.75 Å². The average Bonchev–Trinajstić information content (AvgIpc) is 3.24. The van der Waals surface area contributed by atoms with Gasteiger partial charge in [0.25, 0.3) is 0 Å². The first-order chi connectivity index (χ1) is 11.6. The van der Waals surface area contributed by atoms with Crippen LogP contribution in [0.4, 0.5) is 0 Å². The van der Waals surface area contributed by atoms with E-state index < -0.39 is 0 Å². The van der Waals surface area contributed by atoms with Crippen molar-refractivity contribution in [3.63, 3.8) is 0 Å². The van der Waals surface area contributed by atoms with E-state index in [2.05, 4.69) is 17.4 Å². The summed E-state index contributed by atoms with van der Waals surface area (Å²) in [7, 11) is 1.70. The van der Waals surface area contributed by atoms with Crippen LogP contribution in [0.1, 0.15) is 56.9 Å². The number of methoxy groups -OCH3 is 1. The third-order valence-corrected chi connectivity index (χ3v) is 6.03. The molecule has 3 N–H and O–H groups in total. The highest BCUT2D eigenvalue weighted by molar-refractivity contribution is 5.76. The zero-order chi connectivity index (χ0) is 17.0. The molecule has 2 saturated carbocycles. The van der Waals surface area contributed by atoms with E-state index in [1.54, 1.807) is 7.11 Å². The minimum Gasteiger partial charge on any atom is -0.497 e. The lowest BCUT2D eigenvalue weighted by Crippen LogP contribution is -2.40. The van der Waals surface area contributed by atoms with Crippen LogP contribution in [0.5, 0.6) is 5.75 Å². The van der Waals surface area contributed by atoms with Crippen LogP contribution in [0.15, 0.2) is 24.3 Å². The van der Waals surface area contributed by atoms with Gasteiger partial charge < -0.3 is 15.8 Å². The Bertz CT molecular complexity index is 567. The number of ether oxygens (including phenoxy) is 1. The van der Waals surface area contributed by atoms with E-state index >= 15 is 0 Å². The molecule has 1 amide bonds. The smallest absolute Gasteiger partial charge is 0.220 e. The first kappa shape index (κ1) is 17.3. The monoisotopic (exact) mass is 330 g/mol. The minimum absolute atomic E-state index is 0.0575. The van der Waals surface area contributed by atoms with Gasteiger partial charge in [0.05, 0.1) is 7.11 Å². The summed E-state index contributed by atoms with van der Waals surface area (Å²) in [6.07, 6.45) is 8.59. The maximum atomic E-state index is 12.4.